The van der Waals surface area contributed by atoms with Gasteiger partial charge in [0.1, 0.15) is 23.5 Å². The predicted octanol–water partition coefficient (Wildman–Crippen LogP) is 3.24. The van der Waals surface area contributed by atoms with Gasteiger partial charge in [0.2, 0.25) is 5.91 Å². The zero-order valence-electron chi connectivity index (χ0n) is 19.3. The van der Waals surface area contributed by atoms with Crippen LogP contribution >= 0.6 is 0 Å². The van der Waals surface area contributed by atoms with Crippen LogP contribution in [0.5, 0.6) is 0 Å². The Bertz CT molecular complexity index is 1150. The highest BCUT2D eigenvalue weighted by molar-refractivity contribution is 6.06. The zero-order valence-corrected chi connectivity index (χ0v) is 19.3. The number of anilines is 3. The molecule has 0 aliphatic carbocycles. The molecule has 0 saturated carbocycles. The fourth-order valence-electron chi connectivity index (χ4n) is 3.08. The topological polar surface area (TPSA) is 140 Å². The molecule has 2 aromatic carbocycles. The van der Waals surface area contributed by atoms with Crippen LogP contribution in [0.3, 0.4) is 0 Å². The molecule has 178 valence electrons. The minimum absolute atomic E-state index is 0.0159. The van der Waals surface area contributed by atoms with Crippen LogP contribution < -0.4 is 21.7 Å². The molecule has 3 rings (SSSR count). The van der Waals surface area contributed by atoms with Crippen LogP contribution in [-0.2, 0) is 16.1 Å². The van der Waals surface area contributed by atoms with Crippen molar-refractivity contribution in [2.45, 2.75) is 32.9 Å². The Morgan fingerprint density at radius 2 is 1.62 bits per heavy atom. The van der Waals surface area contributed by atoms with Crippen molar-refractivity contribution in [3.05, 3.63) is 71.8 Å². The first-order valence-corrected chi connectivity index (χ1v) is 10.7. The van der Waals surface area contributed by atoms with Crippen LogP contribution in [0.1, 0.15) is 36.7 Å². The van der Waals surface area contributed by atoms with Gasteiger partial charge in [0.15, 0.2) is 5.82 Å². The smallest absolute Gasteiger partial charge is 0.408 e. The highest BCUT2D eigenvalue weighted by Gasteiger charge is 2.25. The molecule has 0 aliphatic heterocycles. The number of alkyl carbamates (subject to hydrolysis) is 1. The number of hydrogen-bond acceptors (Lipinski definition) is 6. The maximum absolute atomic E-state index is 12.5. The van der Waals surface area contributed by atoms with E-state index < -0.39 is 23.5 Å². The summed E-state index contributed by atoms with van der Waals surface area (Å²) < 4.78 is 6.68. The lowest BCUT2D eigenvalue weighted by Gasteiger charge is -2.19. The monoisotopic (exact) mass is 464 g/mol. The van der Waals surface area contributed by atoms with Crippen molar-refractivity contribution in [1.29, 1.82) is 0 Å². The van der Waals surface area contributed by atoms with E-state index in [0.29, 0.717) is 18.1 Å². The Morgan fingerprint density at radius 1 is 1.00 bits per heavy atom. The SMILES string of the molecule is CC(C)(C)OC(=O)NCC(=O)Nc1nn(Cc2ccccc2)c(Nc2ccccc2)c1C(N)=O. The van der Waals surface area contributed by atoms with Gasteiger partial charge in [-0.1, -0.05) is 48.5 Å². The molecular formula is C24H28N6O4. The molecule has 0 unspecified atom stereocenters. The summed E-state index contributed by atoms with van der Waals surface area (Å²) >= 11 is 0. The molecule has 0 bridgehead atoms. The summed E-state index contributed by atoms with van der Waals surface area (Å²) in [4.78, 5) is 36.7. The Balaban J connectivity index is 1.87. The van der Waals surface area contributed by atoms with E-state index in [2.05, 4.69) is 21.0 Å². The molecule has 0 fully saturated rings. The normalized spacial score (nSPS) is 10.9. The van der Waals surface area contributed by atoms with Gasteiger partial charge in [-0.05, 0) is 38.5 Å². The second-order valence-electron chi connectivity index (χ2n) is 8.47. The average Bonchev–Trinajstić information content (AvgIpc) is 3.09. The van der Waals surface area contributed by atoms with Gasteiger partial charge in [-0.3, -0.25) is 9.59 Å². The molecular weight excluding hydrogens is 436 g/mol. The Kier molecular flexibility index (Phi) is 7.52. The van der Waals surface area contributed by atoms with Gasteiger partial charge in [-0.2, -0.15) is 5.10 Å². The summed E-state index contributed by atoms with van der Waals surface area (Å²) in [5.74, 6) is -1.05. The van der Waals surface area contributed by atoms with E-state index in [-0.39, 0.29) is 17.9 Å². The number of carbonyl (C=O) groups is 3. The van der Waals surface area contributed by atoms with Crippen molar-refractivity contribution < 1.29 is 19.1 Å². The standard InChI is InChI=1S/C24H28N6O4/c1-24(2,3)34-23(33)26-14-18(31)28-21-19(20(25)32)22(27-17-12-8-5-9-13-17)30(29-21)15-16-10-6-4-7-11-16/h4-13,27H,14-15H2,1-3H3,(H2,25,32)(H,26,33)(H,28,29,31). The number of rotatable bonds is 8. The van der Waals surface area contributed by atoms with Crippen LogP contribution in [0.15, 0.2) is 60.7 Å². The molecule has 10 heteroatoms. The van der Waals surface area contributed by atoms with Gasteiger partial charge in [0.05, 0.1) is 6.54 Å². The van der Waals surface area contributed by atoms with Gasteiger partial charge >= 0.3 is 6.09 Å². The number of ether oxygens (including phenoxy) is 1. The fourth-order valence-corrected chi connectivity index (χ4v) is 3.08. The third kappa shape index (κ3) is 6.83. The Labute approximate surface area is 197 Å². The van der Waals surface area contributed by atoms with Crippen molar-refractivity contribution in [2.75, 3.05) is 17.2 Å². The molecule has 34 heavy (non-hydrogen) atoms. The summed E-state index contributed by atoms with van der Waals surface area (Å²) in [6.07, 6.45) is -0.737. The number of amides is 3. The molecule has 0 spiro atoms. The van der Waals surface area contributed by atoms with Crippen LogP contribution in [0.2, 0.25) is 0 Å². The lowest BCUT2D eigenvalue weighted by atomic mass is 10.2. The molecule has 5 N–H and O–H groups in total. The summed E-state index contributed by atoms with van der Waals surface area (Å²) in [6.45, 7) is 5.09. The minimum atomic E-state index is -0.770. The summed E-state index contributed by atoms with van der Waals surface area (Å²) in [6, 6.07) is 18.7. The number of para-hydroxylation sites is 1. The summed E-state index contributed by atoms with van der Waals surface area (Å²) in [5.41, 5.74) is 6.63. The number of benzene rings is 2. The second-order valence-corrected chi connectivity index (χ2v) is 8.47. The van der Waals surface area contributed by atoms with E-state index in [4.69, 9.17) is 10.5 Å². The average molecular weight is 465 g/mol. The molecule has 0 saturated heterocycles. The van der Waals surface area contributed by atoms with E-state index in [0.717, 1.165) is 5.56 Å². The lowest BCUT2D eigenvalue weighted by Crippen LogP contribution is -2.37. The largest absolute Gasteiger partial charge is 0.444 e. The molecule has 3 aromatic rings. The molecule has 1 heterocycles. The predicted molar refractivity (Wildman–Crippen MR) is 129 cm³/mol. The number of nitrogens with zero attached hydrogens (tertiary/aromatic N) is 2. The van der Waals surface area contributed by atoms with Gasteiger partial charge in [0, 0.05) is 5.69 Å². The summed E-state index contributed by atoms with van der Waals surface area (Å²) in [5, 5.41) is 12.5. The number of nitrogens with two attached hydrogens (primary N) is 1. The first-order valence-electron chi connectivity index (χ1n) is 10.7. The molecule has 3 amide bonds. The molecule has 0 aliphatic rings. The van der Waals surface area contributed by atoms with Crippen molar-refractivity contribution in [1.82, 2.24) is 15.1 Å². The number of carbonyl (C=O) groups excluding carboxylic acids is 3. The fraction of sp³-hybridized carbons (Fsp3) is 0.250. The quantitative estimate of drug-likeness (QED) is 0.403. The maximum atomic E-state index is 12.5. The van der Waals surface area contributed by atoms with Crippen LogP contribution in [0.25, 0.3) is 0 Å². The van der Waals surface area contributed by atoms with Crippen LogP contribution in [-0.4, -0.2) is 39.8 Å². The Morgan fingerprint density at radius 3 is 2.21 bits per heavy atom. The van der Waals surface area contributed by atoms with Gasteiger partial charge in [0.25, 0.3) is 5.91 Å². The highest BCUT2D eigenvalue weighted by atomic mass is 16.6. The molecule has 0 atom stereocenters. The van der Waals surface area contributed by atoms with E-state index >= 15 is 0 Å². The number of aromatic nitrogens is 2. The van der Waals surface area contributed by atoms with E-state index in [9.17, 15) is 14.4 Å². The Hall–Kier alpha value is -4.34. The van der Waals surface area contributed by atoms with Gasteiger partial charge in [-0.25, -0.2) is 9.48 Å². The molecule has 1 aromatic heterocycles. The van der Waals surface area contributed by atoms with Crippen molar-refractivity contribution in [3.63, 3.8) is 0 Å². The molecule has 0 radical (unpaired) electrons. The van der Waals surface area contributed by atoms with Gasteiger partial charge in [-0.15, -0.1) is 0 Å². The highest BCUT2D eigenvalue weighted by Crippen LogP contribution is 2.28. The molecule has 10 nitrogen and oxygen atoms in total. The second kappa shape index (κ2) is 10.5. The third-order valence-electron chi connectivity index (χ3n) is 4.46. The van der Waals surface area contributed by atoms with E-state index in [1.807, 2.05) is 60.7 Å². The maximum Gasteiger partial charge on any atom is 0.408 e. The van der Waals surface area contributed by atoms with Crippen molar-refractivity contribution >= 4 is 35.2 Å². The van der Waals surface area contributed by atoms with Crippen LogP contribution in [0, 0.1) is 0 Å². The lowest BCUT2D eigenvalue weighted by molar-refractivity contribution is -0.115. The van der Waals surface area contributed by atoms with Gasteiger partial charge < -0.3 is 26.4 Å². The minimum Gasteiger partial charge on any atom is -0.444 e. The number of primary amides is 1. The van der Waals surface area contributed by atoms with E-state index in [1.54, 1.807) is 25.5 Å². The number of nitrogens with one attached hydrogen (secondary N) is 3. The summed E-state index contributed by atoms with van der Waals surface area (Å²) in [7, 11) is 0. The van der Waals surface area contributed by atoms with E-state index in [1.165, 1.54) is 0 Å². The van der Waals surface area contributed by atoms with Crippen molar-refractivity contribution in [2.24, 2.45) is 5.73 Å². The third-order valence-corrected chi connectivity index (χ3v) is 4.46. The van der Waals surface area contributed by atoms with Crippen molar-refractivity contribution in [3.8, 4) is 0 Å². The first-order chi connectivity index (χ1) is 16.1. The zero-order chi connectivity index (χ0) is 24.7. The van der Waals surface area contributed by atoms with Crippen LogP contribution in [0.4, 0.5) is 22.1 Å². The number of hydrogen-bond donors (Lipinski definition) is 4. The first kappa shape index (κ1) is 24.3.